The molecular formula is C74H141NO11S. The highest BCUT2D eigenvalue weighted by Gasteiger charge is 2.48. The lowest BCUT2D eigenvalue weighted by atomic mass is 9.99. The van der Waals surface area contributed by atoms with E-state index in [4.69, 9.17) is 9.47 Å². The summed E-state index contributed by atoms with van der Waals surface area (Å²) in [5, 5.41) is 45.2. The first-order chi connectivity index (χ1) is 42.5. The Morgan fingerprint density at radius 3 is 1.09 bits per heavy atom. The average Bonchev–Trinajstić information content (AvgIpc) is 1.79. The summed E-state index contributed by atoms with van der Waals surface area (Å²) < 4.78 is 48.1. The first-order valence-electron chi connectivity index (χ1n) is 37.4. The molecule has 1 saturated heterocycles. The van der Waals surface area contributed by atoms with Crippen molar-refractivity contribution < 1.29 is 51.8 Å². The van der Waals surface area contributed by atoms with E-state index in [1.54, 1.807) is 6.08 Å². The molecule has 12 nitrogen and oxygen atoms in total. The molecule has 0 spiro atoms. The van der Waals surface area contributed by atoms with E-state index in [0.29, 0.717) is 6.42 Å². The van der Waals surface area contributed by atoms with Gasteiger partial charge >= 0.3 is 10.4 Å². The van der Waals surface area contributed by atoms with Gasteiger partial charge in [-0.15, -0.1) is 0 Å². The standard InChI is InChI=1S/C74H141NO11S/c1-3-5-7-9-11-13-15-17-19-21-23-25-26-27-28-29-30-31-32-33-34-35-36-37-38-39-40-41-42-44-46-48-50-52-54-56-58-60-62-64-70(78)75-67(66-84-74-72(80)73(86-87(81,82)83)71(79)69(65-76)85-74)68(77)63-61-59-57-55-53-51-49-47-45-43-24-22-20-18-16-14-12-10-8-6-4-2/h30-31,33-34,61,63,67-69,71-74,76-77,79-80H,3-29,32,35-60,62,64-66H2,1-2H3,(H,75,78)(H,81,82,83)/b31-30-,34-33-,63-61+. The van der Waals surface area contributed by atoms with Crippen LogP contribution in [0.4, 0.5) is 0 Å². The van der Waals surface area contributed by atoms with Crippen molar-refractivity contribution in [1.82, 2.24) is 5.32 Å². The molecular weight excluding hydrogens is 1110 g/mol. The highest BCUT2D eigenvalue weighted by atomic mass is 32.3. The highest BCUT2D eigenvalue weighted by Crippen LogP contribution is 2.27. The monoisotopic (exact) mass is 1250 g/mol. The SMILES string of the molecule is CCCCCCCCCCCCCCCCC/C=C\C/C=C\CCCCCCCCCCCCCCCCCCCC(=O)NC(COC1OC(CO)C(O)C(OS(=O)(=O)O)C1O)C(O)/C=C/CCCCCCCCCCCCCCCCCCCCC. The third-order valence-corrected chi connectivity index (χ3v) is 18.4. The van der Waals surface area contributed by atoms with Crippen molar-refractivity contribution in [3.63, 3.8) is 0 Å². The van der Waals surface area contributed by atoms with Gasteiger partial charge in [0.05, 0.1) is 25.4 Å². The third-order valence-electron chi connectivity index (χ3n) is 17.9. The van der Waals surface area contributed by atoms with Gasteiger partial charge in [0, 0.05) is 6.42 Å². The molecule has 13 heteroatoms. The number of allylic oxidation sites excluding steroid dienone is 5. The molecule has 0 aliphatic carbocycles. The summed E-state index contributed by atoms with van der Waals surface area (Å²) in [5.41, 5.74) is 0. The van der Waals surface area contributed by atoms with Crippen molar-refractivity contribution in [2.24, 2.45) is 0 Å². The zero-order chi connectivity index (χ0) is 63.2. The van der Waals surface area contributed by atoms with Crippen LogP contribution in [0, 0.1) is 0 Å². The lowest BCUT2D eigenvalue weighted by molar-refractivity contribution is -0.298. The number of carbonyl (C=O) groups excluding carboxylic acids is 1. The maximum absolute atomic E-state index is 13.2. The van der Waals surface area contributed by atoms with Crippen LogP contribution in [0.5, 0.6) is 0 Å². The van der Waals surface area contributed by atoms with Crippen molar-refractivity contribution in [3.05, 3.63) is 36.5 Å². The number of hydrogen-bond acceptors (Lipinski definition) is 10. The molecule has 0 aromatic carbocycles. The lowest BCUT2D eigenvalue weighted by Gasteiger charge is -2.41. The minimum absolute atomic E-state index is 0.256. The van der Waals surface area contributed by atoms with Gasteiger partial charge in [-0.1, -0.05) is 352 Å². The molecule has 0 aromatic rings. The van der Waals surface area contributed by atoms with Crippen molar-refractivity contribution in [3.8, 4) is 0 Å². The fraction of sp³-hybridized carbons (Fsp3) is 0.905. The summed E-state index contributed by atoms with van der Waals surface area (Å²) in [7, 11) is -5.09. The quantitative estimate of drug-likeness (QED) is 0.0193. The Kier molecular flexibility index (Phi) is 60.4. The fourth-order valence-electron chi connectivity index (χ4n) is 12.2. The number of rotatable bonds is 67. The van der Waals surface area contributed by atoms with Crippen LogP contribution in [0.15, 0.2) is 36.5 Å². The molecule has 1 fully saturated rings. The van der Waals surface area contributed by atoms with E-state index in [1.807, 2.05) is 6.08 Å². The fourth-order valence-corrected chi connectivity index (χ4v) is 12.7. The number of unbranched alkanes of at least 4 members (excludes halogenated alkanes) is 51. The van der Waals surface area contributed by atoms with Gasteiger partial charge in [-0.05, 0) is 51.4 Å². The number of carbonyl (C=O) groups is 1. The largest absolute Gasteiger partial charge is 0.397 e. The van der Waals surface area contributed by atoms with E-state index >= 15 is 0 Å². The molecule has 0 aromatic heterocycles. The molecule has 1 aliphatic rings. The van der Waals surface area contributed by atoms with Crippen LogP contribution in [0.2, 0.25) is 0 Å². The lowest BCUT2D eigenvalue weighted by Crippen LogP contribution is -2.61. The Morgan fingerprint density at radius 1 is 0.460 bits per heavy atom. The van der Waals surface area contributed by atoms with Crippen LogP contribution in [-0.4, -0.2) is 95.4 Å². The van der Waals surface area contributed by atoms with Crippen LogP contribution in [0.25, 0.3) is 0 Å². The van der Waals surface area contributed by atoms with Gasteiger partial charge in [-0.25, -0.2) is 4.18 Å². The Morgan fingerprint density at radius 2 is 0.770 bits per heavy atom. The molecule has 6 N–H and O–H groups in total. The average molecular weight is 1250 g/mol. The second-order valence-electron chi connectivity index (χ2n) is 26.2. The molecule has 7 atom stereocenters. The van der Waals surface area contributed by atoms with Crippen LogP contribution in [0.3, 0.4) is 0 Å². The molecule has 87 heavy (non-hydrogen) atoms. The second-order valence-corrected chi connectivity index (χ2v) is 27.3. The number of ether oxygens (including phenoxy) is 2. The predicted molar refractivity (Wildman–Crippen MR) is 365 cm³/mol. The number of amides is 1. The van der Waals surface area contributed by atoms with E-state index in [-0.39, 0.29) is 18.9 Å². The van der Waals surface area contributed by atoms with Crippen molar-refractivity contribution in [2.45, 2.75) is 416 Å². The molecule has 0 bridgehead atoms. The van der Waals surface area contributed by atoms with Crippen LogP contribution < -0.4 is 5.32 Å². The normalized spacial score (nSPS) is 18.3. The van der Waals surface area contributed by atoms with Crippen molar-refractivity contribution >= 4 is 16.3 Å². The summed E-state index contributed by atoms with van der Waals surface area (Å²) in [4.78, 5) is 13.2. The molecule has 1 amide bonds. The Hall–Kier alpha value is -1.68. The van der Waals surface area contributed by atoms with Gasteiger partial charge in [0.1, 0.15) is 24.4 Å². The third kappa shape index (κ3) is 54.6. The number of aliphatic hydroxyl groups is 4. The summed E-state index contributed by atoms with van der Waals surface area (Å²) in [6, 6.07) is -0.945. The molecule has 0 saturated carbocycles. The number of nitrogens with one attached hydrogen (secondary N) is 1. The Labute approximate surface area is 536 Å². The molecule has 7 unspecified atom stereocenters. The molecule has 0 radical (unpaired) electrons. The van der Waals surface area contributed by atoms with E-state index in [9.17, 15) is 38.2 Å². The highest BCUT2D eigenvalue weighted by molar-refractivity contribution is 7.80. The number of aliphatic hydroxyl groups excluding tert-OH is 4. The summed E-state index contributed by atoms with van der Waals surface area (Å²) >= 11 is 0. The minimum Gasteiger partial charge on any atom is -0.394 e. The molecule has 514 valence electrons. The molecule has 1 aliphatic heterocycles. The van der Waals surface area contributed by atoms with Gasteiger partial charge < -0.3 is 35.2 Å². The van der Waals surface area contributed by atoms with Crippen molar-refractivity contribution in [2.75, 3.05) is 13.2 Å². The van der Waals surface area contributed by atoms with E-state index in [2.05, 4.69) is 47.7 Å². The van der Waals surface area contributed by atoms with E-state index in [1.165, 1.54) is 302 Å². The van der Waals surface area contributed by atoms with E-state index < -0.39 is 59.9 Å². The van der Waals surface area contributed by atoms with Gasteiger partial charge in [0.25, 0.3) is 0 Å². The second kappa shape index (κ2) is 63.1. The zero-order valence-corrected chi connectivity index (χ0v) is 57.4. The van der Waals surface area contributed by atoms with Gasteiger partial charge in [-0.2, -0.15) is 8.42 Å². The van der Waals surface area contributed by atoms with Crippen LogP contribution in [0.1, 0.15) is 373 Å². The topological polar surface area (TPSA) is 192 Å². The predicted octanol–water partition coefficient (Wildman–Crippen LogP) is 20.0. The van der Waals surface area contributed by atoms with Gasteiger partial charge in [0.2, 0.25) is 5.91 Å². The van der Waals surface area contributed by atoms with Gasteiger partial charge in [0.15, 0.2) is 6.29 Å². The molecule has 1 rings (SSSR count). The Balaban J connectivity index is 2.17. The summed E-state index contributed by atoms with van der Waals surface area (Å²) in [6.45, 7) is 3.46. The number of hydrogen-bond donors (Lipinski definition) is 6. The van der Waals surface area contributed by atoms with Crippen LogP contribution >= 0.6 is 0 Å². The first-order valence-corrected chi connectivity index (χ1v) is 38.7. The maximum Gasteiger partial charge on any atom is 0.397 e. The van der Waals surface area contributed by atoms with E-state index in [0.717, 1.165) is 44.9 Å². The zero-order valence-electron chi connectivity index (χ0n) is 56.6. The minimum atomic E-state index is -5.09. The smallest absolute Gasteiger partial charge is 0.394 e. The van der Waals surface area contributed by atoms with Crippen molar-refractivity contribution in [1.29, 1.82) is 0 Å². The van der Waals surface area contributed by atoms with Gasteiger partial charge in [-0.3, -0.25) is 9.35 Å². The first kappa shape index (κ1) is 83.3. The molecule has 1 heterocycles. The Bertz CT molecular complexity index is 1660. The summed E-state index contributed by atoms with van der Waals surface area (Å²) in [6.07, 6.45) is 75.3. The summed E-state index contributed by atoms with van der Waals surface area (Å²) in [5.74, 6) is -0.256. The van der Waals surface area contributed by atoms with Crippen LogP contribution in [-0.2, 0) is 28.9 Å². The maximum atomic E-state index is 13.2.